The van der Waals surface area contributed by atoms with Crippen LogP contribution in [-0.2, 0) is 14.3 Å². The number of amides is 1. The van der Waals surface area contributed by atoms with Crippen LogP contribution in [0.25, 0.3) is 0 Å². The number of esters is 1. The SMILES string of the molecule is COC(=O)C(NC(=O)CSc1nnc(N)s1)c1ccccc1. The molecule has 1 amide bonds. The molecule has 9 heteroatoms. The summed E-state index contributed by atoms with van der Waals surface area (Å²) in [4.78, 5) is 23.9. The second-order valence-corrected chi connectivity index (χ2v) is 6.36. The van der Waals surface area contributed by atoms with Gasteiger partial charge in [-0.1, -0.05) is 53.4 Å². The van der Waals surface area contributed by atoms with Crippen LogP contribution in [0.4, 0.5) is 5.13 Å². The average molecular weight is 338 g/mol. The molecule has 22 heavy (non-hydrogen) atoms. The predicted molar refractivity (Wildman–Crippen MR) is 84.4 cm³/mol. The van der Waals surface area contributed by atoms with Crippen LogP contribution in [0.2, 0.25) is 0 Å². The van der Waals surface area contributed by atoms with E-state index in [9.17, 15) is 9.59 Å². The monoisotopic (exact) mass is 338 g/mol. The predicted octanol–water partition coefficient (Wildman–Crippen LogP) is 1.24. The maximum absolute atomic E-state index is 12.0. The highest BCUT2D eigenvalue weighted by atomic mass is 32.2. The van der Waals surface area contributed by atoms with Gasteiger partial charge in [-0.3, -0.25) is 4.79 Å². The van der Waals surface area contributed by atoms with Crippen LogP contribution in [0.1, 0.15) is 11.6 Å². The number of methoxy groups -OCH3 is 1. The summed E-state index contributed by atoms with van der Waals surface area (Å²) < 4.78 is 5.34. The van der Waals surface area contributed by atoms with Crippen LogP contribution in [0.15, 0.2) is 34.7 Å². The van der Waals surface area contributed by atoms with Gasteiger partial charge in [-0.05, 0) is 5.56 Å². The first-order chi connectivity index (χ1) is 10.6. The molecule has 3 N–H and O–H groups in total. The number of nitrogens with one attached hydrogen (secondary N) is 1. The number of carbonyl (C=O) groups excluding carboxylic acids is 2. The molecule has 1 atom stereocenters. The molecule has 2 aromatic rings. The number of aromatic nitrogens is 2. The van der Waals surface area contributed by atoms with E-state index in [1.54, 1.807) is 24.3 Å². The van der Waals surface area contributed by atoms with E-state index in [1.807, 2.05) is 6.07 Å². The Bertz CT molecular complexity index is 648. The van der Waals surface area contributed by atoms with Crippen LogP contribution >= 0.6 is 23.1 Å². The second kappa shape index (κ2) is 7.76. The zero-order valence-electron chi connectivity index (χ0n) is 11.7. The number of benzene rings is 1. The van der Waals surface area contributed by atoms with E-state index in [0.717, 1.165) is 0 Å². The molecule has 0 aliphatic carbocycles. The van der Waals surface area contributed by atoms with Gasteiger partial charge in [-0.25, -0.2) is 4.79 Å². The maximum atomic E-state index is 12.0. The van der Waals surface area contributed by atoms with Crippen molar-refractivity contribution in [3.8, 4) is 0 Å². The van der Waals surface area contributed by atoms with E-state index in [-0.39, 0.29) is 11.7 Å². The smallest absolute Gasteiger partial charge is 0.333 e. The molecule has 1 unspecified atom stereocenters. The third-order valence-corrected chi connectivity index (χ3v) is 4.51. The average Bonchev–Trinajstić information content (AvgIpc) is 2.96. The number of hydrogen-bond donors (Lipinski definition) is 2. The molecule has 116 valence electrons. The summed E-state index contributed by atoms with van der Waals surface area (Å²) >= 11 is 2.41. The summed E-state index contributed by atoms with van der Waals surface area (Å²) in [6.07, 6.45) is 0. The molecule has 1 heterocycles. The summed E-state index contributed by atoms with van der Waals surface area (Å²) in [6.45, 7) is 0. The molecule has 1 aromatic carbocycles. The number of rotatable bonds is 6. The summed E-state index contributed by atoms with van der Waals surface area (Å²) in [5.74, 6) is -0.725. The molecule has 1 aromatic heterocycles. The van der Waals surface area contributed by atoms with Gasteiger partial charge in [0.15, 0.2) is 10.4 Å². The summed E-state index contributed by atoms with van der Waals surface area (Å²) in [7, 11) is 1.28. The van der Waals surface area contributed by atoms with Gasteiger partial charge in [-0.2, -0.15) is 0 Å². The van der Waals surface area contributed by atoms with Gasteiger partial charge in [0.1, 0.15) is 0 Å². The molecular formula is C13H14N4O3S2. The topological polar surface area (TPSA) is 107 Å². The standard InChI is InChI=1S/C13H14N4O3S2/c1-20-11(19)10(8-5-3-2-4-6-8)15-9(18)7-21-13-17-16-12(14)22-13/h2-6,10H,7H2,1H3,(H2,14,16)(H,15,18). The molecule has 0 aliphatic rings. The van der Waals surface area contributed by atoms with Crippen molar-refractivity contribution in [1.82, 2.24) is 15.5 Å². The lowest BCUT2D eigenvalue weighted by atomic mass is 10.1. The van der Waals surface area contributed by atoms with E-state index in [1.165, 1.54) is 30.2 Å². The van der Waals surface area contributed by atoms with Gasteiger partial charge < -0.3 is 15.8 Å². The Kier molecular flexibility index (Phi) is 5.73. The van der Waals surface area contributed by atoms with Crippen molar-refractivity contribution < 1.29 is 14.3 Å². The quantitative estimate of drug-likeness (QED) is 0.603. The zero-order chi connectivity index (χ0) is 15.9. The number of nitrogens with zero attached hydrogens (tertiary/aromatic N) is 2. The Morgan fingerprint density at radius 3 is 2.68 bits per heavy atom. The highest BCUT2D eigenvalue weighted by molar-refractivity contribution is 8.01. The summed E-state index contributed by atoms with van der Waals surface area (Å²) in [6, 6.07) is 8.07. The van der Waals surface area contributed by atoms with Crippen molar-refractivity contribution in [2.45, 2.75) is 10.4 Å². The first kappa shape index (κ1) is 16.2. The van der Waals surface area contributed by atoms with Crippen molar-refractivity contribution in [3.05, 3.63) is 35.9 Å². The lowest BCUT2D eigenvalue weighted by Crippen LogP contribution is -2.35. The Labute approximate surface area is 135 Å². The highest BCUT2D eigenvalue weighted by Gasteiger charge is 2.23. The van der Waals surface area contributed by atoms with Crippen molar-refractivity contribution >= 4 is 40.1 Å². The van der Waals surface area contributed by atoms with Crippen molar-refractivity contribution in [2.24, 2.45) is 0 Å². The van der Waals surface area contributed by atoms with Crippen LogP contribution in [-0.4, -0.2) is 34.9 Å². The van der Waals surface area contributed by atoms with Gasteiger partial charge in [0.25, 0.3) is 0 Å². The zero-order valence-corrected chi connectivity index (χ0v) is 13.3. The molecule has 0 aliphatic heterocycles. The molecule has 0 saturated heterocycles. The van der Waals surface area contributed by atoms with E-state index in [2.05, 4.69) is 15.5 Å². The van der Waals surface area contributed by atoms with Gasteiger partial charge in [0.05, 0.1) is 12.9 Å². The fourth-order valence-corrected chi connectivity index (χ4v) is 3.10. The number of thioether (sulfide) groups is 1. The van der Waals surface area contributed by atoms with E-state index >= 15 is 0 Å². The van der Waals surface area contributed by atoms with Crippen molar-refractivity contribution in [3.63, 3.8) is 0 Å². The third-order valence-electron chi connectivity index (χ3n) is 2.62. The van der Waals surface area contributed by atoms with Crippen LogP contribution in [0.3, 0.4) is 0 Å². The molecule has 0 saturated carbocycles. The molecule has 0 radical (unpaired) electrons. The first-order valence-electron chi connectivity index (χ1n) is 6.24. The molecule has 2 rings (SSSR count). The van der Waals surface area contributed by atoms with E-state index in [4.69, 9.17) is 10.5 Å². The van der Waals surface area contributed by atoms with Gasteiger partial charge in [0.2, 0.25) is 11.0 Å². The lowest BCUT2D eigenvalue weighted by Gasteiger charge is -2.16. The number of hydrogen-bond acceptors (Lipinski definition) is 8. The maximum Gasteiger partial charge on any atom is 0.333 e. The first-order valence-corrected chi connectivity index (χ1v) is 8.04. The largest absolute Gasteiger partial charge is 0.467 e. The number of ether oxygens (including phenoxy) is 1. The number of nitrogens with two attached hydrogens (primary N) is 1. The van der Waals surface area contributed by atoms with Crippen LogP contribution in [0.5, 0.6) is 0 Å². The van der Waals surface area contributed by atoms with Crippen LogP contribution in [0, 0.1) is 0 Å². The minimum atomic E-state index is -0.834. The number of anilines is 1. The minimum absolute atomic E-state index is 0.106. The molecule has 0 bridgehead atoms. The fourth-order valence-electron chi connectivity index (χ4n) is 1.65. The minimum Gasteiger partial charge on any atom is -0.467 e. The number of nitrogen functional groups attached to an aromatic ring is 1. The summed E-state index contributed by atoms with van der Waals surface area (Å²) in [5.41, 5.74) is 6.13. The summed E-state index contributed by atoms with van der Waals surface area (Å²) in [5, 5.41) is 10.5. The van der Waals surface area contributed by atoms with Crippen molar-refractivity contribution in [1.29, 1.82) is 0 Å². The normalized spacial score (nSPS) is 11.7. The van der Waals surface area contributed by atoms with Crippen LogP contribution < -0.4 is 11.1 Å². The second-order valence-electron chi connectivity index (χ2n) is 4.13. The van der Waals surface area contributed by atoms with E-state index in [0.29, 0.717) is 15.0 Å². The Balaban J connectivity index is 1.98. The van der Waals surface area contributed by atoms with Gasteiger partial charge in [-0.15, -0.1) is 10.2 Å². The Hall–Kier alpha value is -2.13. The molecule has 0 fully saturated rings. The molecule has 0 spiro atoms. The Morgan fingerprint density at radius 2 is 2.09 bits per heavy atom. The lowest BCUT2D eigenvalue weighted by molar-refractivity contribution is -0.145. The van der Waals surface area contributed by atoms with Gasteiger partial charge in [0, 0.05) is 0 Å². The molecular weight excluding hydrogens is 324 g/mol. The highest BCUT2D eigenvalue weighted by Crippen LogP contribution is 2.23. The third kappa shape index (κ3) is 4.43. The van der Waals surface area contributed by atoms with Crippen molar-refractivity contribution in [2.75, 3.05) is 18.6 Å². The van der Waals surface area contributed by atoms with Gasteiger partial charge >= 0.3 is 5.97 Å². The number of carbonyl (C=O) groups is 2. The van der Waals surface area contributed by atoms with E-state index < -0.39 is 12.0 Å². The Morgan fingerprint density at radius 1 is 1.36 bits per heavy atom. The molecule has 7 nitrogen and oxygen atoms in total. The fraction of sp³-hybridized carbons (Fsp3) is 0.231.